The Bertz CT molecular complexity index is 337. The number of alkyl halides is 4. The van der Waals surface area contributed by atoms with E-state index < -0.39 is 43.0 Å². The van der Waals surface area contributed by atoms with Gasteiger partial charge in [-0.2, -0.15) is 8.78 Å². The van der Waals surface area contributed by atoms with Crippen molar-refractivity contribution in [3.05, 3.63) is 0 Å². The topological polar surface area (TPSA) is 75.6 Å². The summed E-state index contributed by atoms with van der Waals surface area (Å²) in [6.45, 7) is -0.426. The van der Waals surface area contributed by atoms with Crippen LogP contribution >= 0.6 is 0 Å². The molecule has 1 rings (SSSR count). The van der Waals surface area contributed by atoms with Crippen LogP contribution in [0.1, 0.15) is 12.8 Å². The van der Waals surface area contributed by atoms with Crippen LogP contribution in [0.5, 0.6) is 0 Å². The predicted molar refractivity (Wildman–Crippen MR) is 49.5 cm³/mol. The SMILES string of the molecule is O=C(O)C1CCC(CNC(=O)C(F)(F)C(F)F)O1. The third-order valence-electron chi connectivity index (χ3n) is 2.45. The maximum absolute atomic E-state index is 12.5. The fourth-order valence-electron chi connectivity index (χ4n) is 1.46. The van der Waals surface area contributed by atoms with Gasteiger partial charge in [0.25, 0.3) is 5.91 Å². The van der Waals surface area contributed by atoms with Crippen molar-refractivity contribution in [3.63, 3.8) is 0 Å². The minimum atomic E-state index is -4.76. The quantitative estimate of drug-likeness (QED) is 0.721. The van der Waals surface area contributed by atoms with E-state index in [1.54, 1.807) is 5.32 Å². The second kappa shape index (κ2) is 5.51. The first kappa shape index (κ1) is 14.7. The summed E-state index contributed by atoms with van der Waals surface area (Å²) in [6.07, 6.45) is -5.47. The fraction of sp³-hybridized carbons (Fsp3) is 0.778. The van der Waals surface area contributed by atoms with E-state index in [-0.39, 0.29) is 12.8 Å². The number of carboxylic acid groups (broad SMARTS) is 1. The van der Waals surface area contributed by atoms with Gasteiger partial charge in [-0.3, -0.25) is 4.79 Å². The molecule has 104 valence electrons. The van der Waals surface area contributed by atoms with Crippen LogP contribution in [-0.2, 0) is 14.3 Å². The van der Waals surface area contributed by atoms with Crippen molar-refractivity contribution in [1.82, 2.24) is 5.32 Å². The standard InChI is InChI=1S/C9H11F4NO4/c10-7(11)9(12,13)8(17)14-3-4-1-2-5(18-4)6(15)16/h4-5,7H,1-3H2,(H,14,17)(H,15,16). The molecule has 0 aliphatic carbocycles. The minimum absolute atomic E-state index is 0.182. The molecule has 2 atom stereocenters. The Morgan fingerprint density at radius 1 is 1.39 bits per heavy atom. The lowest BCUT2D eigenvalue weighted by Crippen LogP contribution is -2.47. The molecule has 2 unspecified atom stereocenters. The van der Waals surface area contributed by atoms with Crippen LogP contribution in [0.4, 0.5) is 17.6 Å². The summed E-state index contributed by atoms with van der Waals surface area (Å²) >= 11 is 0. The maximum Gasteiger partial charge on any atom is 0.383 e. The third kappa shape index (κ3) is 3.31. The second-order valence-corrected chi connectivity index (χ2v) is 3.80. The molecule has 0 spiro atoms. The maximum atomic E-state index is 12.5. The Balaban J connectivity index is 2.39. The smallest absolute Gasteiger partial charge is 0.383 e. The highest BCUT2D eigenvalue weighted by molar-refractivity contribution is 5.83. The van der Waals surface area contributed by atoms with Crippen molar-refractivity contribution in [2.24, 2.45) is 0 Å². The summed E-state index contributed by atoms with van der Waals surface area (Å²) < 4.78 is 53.6. The number of hydrogen-bond acceptors (Lipinski definition) is 3. The summed E-state index contributed by atoms with van der Waals surface area (Å²) in [4.78, 5) is 21.3. The molecule has 1 saturated heterocycles. The lowest BCUT2D eigenvalue weighted by molar-refractivity contribution is -0.170. The number of amides is 1. The van der Waals surface area contributed by atoms with Gasteiger partial charge in [-0.05, 0) is 12.8 Å². The number of carboxylic acids is 1. The van der Waals surface area contributed by atoms with Crippen LogP contribution in [0.3, 0.4) is 0 Å². The van der Waals surface area contributed by atoms with Gasteiger partial charge < -0.3 is 15.2 Å². The molecule has 0 saturated carbocycles. The zero-order valence-corrected chi connectivity index (χ0v) is 9.04. The number of carbonyl (C=O) groups is 2. The van der Waals surface area contributed by atoms with E-state index in [2.05, 4.69) is 0 Å². The first-order valence-electron chi connectivity index (χ1n) is 5.07. The van der Waals surface area contributed by atoms with E-state index >= 15 is 0 Å². The molecule has 9 heteroatoms. The molecule has 0 aromatic heterocycles. The summed E-state index contributed by atoms with van der Waals surface area (Å²) in [6, 6.07) is 0. The molecular formula is C9H11F4NO4. The normalized spacial score (nSPS) is 24.3. The van der Waals surface area contributed by atoms with Crippen molar-refractivity contribution >= 4 is 11.9 Å². The molecule has 1 heterocycles. The average Bonchev–Trinajstić information content (AvgIpc) is 2.74. The lowest BCUT2D eigenvalue weighted by atomic mass is 10.2. The molecule has 5 nitrogen and oxygen atoms in total. The van der Waals surface area contributed by atoms with Gasteiger partial charge >= 0.3 is 18.3 Å². The van der Waals surface area contributed by atoms with Crippen molar-refractivity contribution in [3.8, 4) is 0 Å². The summed E-state index contributed by atoms with van der Waals surface area (Å²) in [7, 11) is 0. The van der Waals surface area contributed by atoms with Gasteiger partial charge in [0.2, 0.25) is 0 Å². The van der Waals surface area contributed by atoms with Crippen LogP contribution in [-0.4, -0.2) is 48.1 Å². The van der Waals surface area contributed by atoms with Crippen LogP contribution < -0.4 is 5.32 Å². The number of halogens is 4. The van der Waals surface area contributed by atoms with E-state index in [0.717, 1.165) is 0 Å². The van der Waals surface area contributed by atoms with Gasteiger partial charge in [0, 0.05) is 6.54 Å². The Hall–Kier alpha value is -1.38. The minimum Gasteiger partial charge on any atom is -0.479 e. The number of carbonyl (C=O) groups excluding carboxylic acids is 1. The Morgan fingerprint density at radius 3 is 2.44 bits per heavy atom. The first-order valence-corrected chi connectivity index (χ1v) is 5.07. The molecule has 0 aromatic carbocycles. The number of ether oxygens (including phenoxy) is 1. The van der Waals surface area contributed by atoms with Crippen LogP contribution in [0.25, 0.3) is 0 Å². The Kier molecular flexibility index (Phi) is 4.49. The fourth-order valence-corrected chi connectivity index (χ4v) is 1.46. The van der Waals surface area contributed by atoms with Crippen molar-refractivity contribution in [1.29, 1.82) is 0 Å². The first-order chi connectivity index (χ1) is 8.25. The molecule has 1 aliphatic heterocycles. The van der Waals surface area contributed by atoms with E-state index in [9.17, 15) is 27.2 Å². The predicted octanol–water partition coefficient (Wildman–Crippen LogP) is 0.635. The number of nitrogens with one attached hydrogen (secondary N) is 1. The van der Waals surface area contributed by atoms with Gasteiger partial charge in [-0.1, -0.05) is 0 Å². The second-order valence-electron chi connectivity index (χ2n) is 3.80. The van der Waals surface area contributed by atoms with Crippen molar-refractivity contribution in [2.75, 3.05) is 6.54 Å². The van der Waals surface area contributed by atoms with E-state index in [1.165, 1.54) is 0 Å². The number of hydrogen-bond donors (Lipinski definition) is 2. The third-order valence-corrected chi connectivity index (χ3v) is 2.45. The van der Waals surface area contributed by atoms with Crippen LogP contribution in [0.15, 0.2) is 0 Å². The van der Waals surface area contributed by atoms with Crippen LogP contribution in [0, 0.1) is 0 Å². The highest BCUT2D eigenvalue weighted by atomic mass is 19.3. The Morgan fingerprint density at radius 2 is 2.00 bits per heavy atom. The molecule has 0 aromatic rings. The van der Waals surface area contributed by atoms with Gasteiger partial charge in [-0.15, -0.1) is 0 Å². The number of rotatable bonds is 5. The molecule has 2 N–H and O–H groups in total. The highest BCUT2D eigenvalue weighted by Crippen LogP contribution is 2.23. The Labute approximate surface area is 99.1 Å². The van der Waals surface area contributed by atoms with Crippen molar-refractivity contribution < 1.29 is 37.0 Å². The molecule has 18 heavy (non-hydrogen) atoms. The van der Waals surface area contributed by atoms with Crippen LogP contribution in [0.2, 0.25) is 0 Å². The van der Waals surface area contributed by atoms with Gasteiger partial charge in [0.15, 0.2) is 6.10 Å². The molecule has 0 bridgehead atoms. The molecular weight excluding hydrogens is 262 g/mol. The summed E-state index contributed by atoms with van der Waals surface area (Å²) in [5.41, 5.74) is 0. The highest BCUT2D eigenvalue weighted by Gasteiger charge is 2.49. The largest absolute Gasteiger partial charge is 0.479 e. The molecule has 1 amide bonds. The number of aliphatic carboxylic acids is 1. The molecule has 0 radical (unpaired) electrons. The van der Waals surface area contributed by atoms with E-state index in [0.29, 0.717) is 0 Å². The van der Waals surface area contributed by atoms with Gasteiger partial charge in [0.1, 0.15) is 0 Å². The lowest BCUT2D eigenvalue weighted by Gasteiger charge is -2.17. The van der Waals surface area contributed by atoms with Crippen molar-refractivity contribution in [2.45, 2.75) is 37.4 Å². The zero-order chi connectivity index (χ0) is 13.9. The molecule has 1 fully saturated rings. The van der Waals surface area contributed by atoms with E-state index in [4.69, 9.17) is 9.84 Å². The summed E-state index contributed by atoms with van der Waals surface area (Å²) in [5, 5.41) is 10.2. The zero-order valence-electron chi connectivity index (χ0n) is 9.04. The van der Waals surface area contributed by atoms with E-state index in [1.807, 2.05) is 0 Å². The average molecular weight is 273 g/mol. The van der Waals surface area contributed by atoms with Gasteiger partial charge in [-0.25, -0.2) is 13.6 Å². The summed E-state index contributed by atoms with van der Waals surface area (Å²) in [5.74, 6) is -8.05. The van der Waals surface area contributed by atoms with Gasteiger partial charge in [0.05, 0.1) is 6.10 Å². The monoisotopic (exact) mass is 273 g/mol. The molecule has 1 aliphatic rings.